The van der Waals surface area contributed by atoms with Gasteiger partial charge in [0, 0.05) is 21.8 Å². The van der Waals surface area contributed by atoms with E-state index in [0.717, 1.165) is 34.1 Å². The number of anilines is 1. The highest BCUT2D eigenvalue weighted by atomic mass is 35.5. The number of nitrogens with one attached hydrogen (secondary N) is 1. The Morgan fingerprint density at radius 2 is 1.75 bits per heavy atom. The topological polar surface area (TPSA) is 12.0 Å². The summed E-state index contributed by atoms with van der Waals surface area (Å²) in [6.07, 6.45) is 2.24. The number of aryl methyl sites for hydroxylation is 1. The Labute approximate surface area is 129 Å². The van der Waals surface area contributed by atoms with E-state index in [1.165, 1.54) is 5.56 Å². The van der Waals surface area contributed by atoms with E-state index < -0.39 is 0 Å². The average molecular weight is 306 g/mol. The van der Waals surface area contributed by atoms with Gasteiger partial charge in [-0.2, -0.15) is 0 Å². The molecule has 2 aromatic carbocycles. The molecule has 1 saturated carbocycles. The van der Waals surface area contributed by atoms with Crippen LogP contribution in [-0.2, 0) is 0 Å². The van der Waals surface area contributed by atoms with E-state index in [9.17, 15) is 0 Å². The van der Waals surface area contributed by atoms with Gasteiger partial charge in [0.25, 0.3) is 0 Å². The maximum Gasteiger partial charge on any atom is 0.0455 e. The highest BCUT2D eigenvalue weighted by Crippen LogP contribution is 2.41. The molecule has 20 heavy (non-hydrogen) atoms. The molecule has 0 heterocycles. The summed E-state index contributed by atoms with van der Waals surface area (Å²) in [6.45, 7) is 2.02. The van der Waals surface area contributed by atoms with Gasteiger partial charge in [-0.15, -0.1) is 0 Å². The molecule has 3 heteroatoms. The average Bonchev–Trinajstić information content (AvgIpc) is 2.39. The second kappa shape index (κ2) is 5.67. The van der Waals surface area contributed by atoms with Crippen molar-refractivity contribution in [2.45, 2.75) is 31.7 Å². The number of hydrogen-bond acceptors (Lipinski definition) is 1. The lowest BCUT2D eigenvalue weighted by Crippen LogP contribution is -2.34. The van der Waals surface area contributed by atoms with Crippen LogP contribution >= 0.6 is 23.2 Å². The third-order valence-electron chi connectivity index (χ3n) is 4.03. The lowest BCUT2D eigenvalue weighted by molar-refractivity contribution is 0.374. The Balaban J connectivity index is 1.61. The van der Waals surface area contributed by atoms with Crippen LogP contribution in [0.4, 0.5) is 5.69 Å². The Hall–Kier alpha value is -1.18. The summed E-state index contributed by atoms with van der Waals surface area (Å²) in [5, 5.41) is 5.24. The summed E-state index contributed by atoms with van der Waals surface area (Å²) in [5.41, 5.74) is 3.48. The van der Waals surface area contributed by atoms with E-state index in [2.05, 4.69) is 29.6 Å². The van der Waals surface area contributed by atoms with Crippen molar-refractivity contribution in [3.8, 4) is 0 Å². The van der Waals surface area contributed by atoms with Crippen molar-refractivity contribution in [1.29, 1.82) is 0 Å². The molecule has 1 aliphatic rings. The number of halogens is 2. The fraction of sp³-hybridized carbons (Fsp3) is 0.294. The van der Waals surface area contributed by atoms with E-state index in [4.69, 9.17) is 23.2 Å². The molecule has 0 atom stereocenters. The van der Waals surface area contributed by atoms with E-state index in [1.807, 2.05) is 25.1 Å². The fourth-order valence-electron chi connectivity index (χ4n) is 2.71. The minimum absolute atomic E-state index is 0.509. The van der Waals surface area contributed by atoms with Crippen LogP contribution in [0.3, 0.4) is 0 Å². The Bertz CT molecular complexity index is 618. The molecule has 104 valence electrons. The summed E-state index contributed by atoms with van der Waals surface area (Å²) in [5.74, 6) is 0.571. The Morgan fingerprint density at radius 3 is 2.45 bits per heavy atom. The standard InChI is InChI=1S/C17H17Cl2N/c1-11-6-7-13(10-17(11)19)20-14-8-12(9-14)15-4-2-3-5-16(15)18/h2-7,10,12,14,20H,8-9H2,1H3. The third-order valence-corrected chi connectivity index (χ3v) is 4.78. The van der Waals surface area contributed by atoms with E-state index in [0.29, 0.717) is 12.0 Å². The van der Waals surface area contributed by atoms with Gasteiger partial charge in [-0.3, -0.25) is 0 Å². The monoisotopic (exact) mass is 305 g/mol. The van der Waals surface area contributed by atoms with E-state index >= 15 is 0 Å². The van der Waals surface area contributed by atoms with Crippen molar-refractivity contribution in [3.05, 3.63) is 63.6 Å². The number of benzene rings is 2. The molecule has 2 aromatic rings. The molecule has 1 N–H and O–H groups in total. The molecule has 1 fully saturated rings. The van der Waals surface area contributed by atoms with Gasteiger partial charge in [-0.05, 0) is 55.0 Å². The highest BCUT2D eigenvalue weighted by molar-refractivity contribution is 6.31. The van der Waals surface area contributed by atoms with Gasteiger partial charge < -0.3 is 5.32 Å². The second-order valence-electron chi connectivity index (χ2n) is 5.50. The summed E-state index contributed by atoms with van der Waals surface area (Å²) in [4.78, 5) is 0. The summed E-state index contributed by atoms with van der Waals surface area (Å²) >= 11 is 12.4. The SMILES string of the molecule is Cc1ccc(NC2CC(c3ccccc3Cl)C2)cc1Cl. The van der Waals surface area contributed by atoms with E-state index in [1.54, 1.807) is 0 Å². The summed E-state index contributed by atoms with van der Waals surface area (Å²) in [7, 11) is 0. The Kier molecular flexibility index (Phi) is 3.91. The first-order valence-electron chi connectivity index (χ1n) is 6.90. The fourth-order valence-corrected chi connectivity index (χ4v) is 3.18. The first-order valence-corrected chi connectivity index (χ1v) is 7.66. The molecule has 0 aromatic heterocycles. The van der Waals surface area contributed by atoms with Gasteiger partial charge in [0.15, 0.2) is 0 Å². The molecule has 1 nitrogen and oxygen atoms in total. The zero-order valence-electron chi connectivity index (χ0n) is 11.4. The van der Waals surface area contributed by atoms with Crippen LogP contribution in [-0.4, -0.2) is 6.04 Å². The van der Waals surface area contributed by atoms with Gasteiger partial charge in [-0.1, -0.05) is 47.5 Å². The minimum Gasteiger partial charge on any atom is -0.382 e. The zero-order valence-corrected chi connectivity index (χ0v) is 12.9. The van der Waals surface area contributed by atoms with Crippen LogP contribution in [0.1, 0.15) is 29.9 Å². The van der Waals surface area contributed by atoms with Gasteiger partial charge >= 0.3 is 0 Å². The molecule has 0 spiro atoms. The van der Waals surface area contributed by atoms with Crippen molar-refractivity contribution in [2.75, 3.05) is 5.32 Å². The predicted octanol–water partition coefficient (Wildman–Crippen LogP) is 5.66. The first kappa shape index (κ1) is 13.8. The molecular weight excluding hydrogens is 289 g/mol. The highest BCUT2D eigenvalue weighted by Gasteiger charge is 2.31. The van der Waals surface area contributed by atoms with Crippen molar-refractivity contribution in [3.63, 3.8) is 0 Å². The van der Waals surface area contributed by atoms with E-state index in [-0.39, 0.29) is 0 Å². The molecule has 0 amide bonds. The van der Waals surface area contributed by atoms with Crippen LogP contribution in [0.25, 0.3) is 0 Å². The molecule has 1 aliphatic carbocycles. The molecule has 0 bridgehead atoms. The Morgan fingerprint density at radius 1 is 1.00 bits per heavy atom. The quantitative estimate of drug-likeness (QED) is 0.771. The molecule has 0 unspecified atom stereocenters. The van der Waals surface area contributed by atoms with Crippen molar-refractivity contribution >= 4 is 28.9 Å². The first-order chi connectivity index (χ1) is 9.63. The minimum atomic E-state index is 0.509. The molecule has 0 saturated heterocycles. The van der Waals surface area contributed by atoms with Crippen molar-refractivity contribution in [2.24, 2.45) is 0 Å². The van der Waals surface area contributed by atoms with Crippen molar-refractivity contribution in [1.82, 2.24) is 0 Å². The van der Waals surface area contributed by atoms with Crippen LogP contribution in [0, 0.1) is 6.92 Å². The van der Waals surface area contributed by atoms with Crippen LogP contribution in [0.2, 0.25) is 10.0 Å². The number of hydrogen-bond donors (Lipinski definition) is 1. The number of rotatable bonds is 3. The van der Waals surface area contributed by atoms with Gasteiger partial charge in [0.1, 0.15) is 0 Å². The lowest BCUT2D eigenvalue weighted by atomic mass is 9.76. The zero-order chi connectivity index (χ0) is 14.1. The van der Waals surface area contributed by atoms with Crippen LogP contribution in [0.5, 0.6) is 0 Å². The maximum absolute atomic E-state index is 6.24. The van der Waals surface area contributed by atoms with Gasteiger partial charge in [0.2, 0.25) is 0 Å². The van der Waals surface area contributed by atoms with Gasteiger partial charge in [0.05, 0.1) is 0 Å². The second-order valence-corrected chi connectivity index (χ2v) is 6.31. The molecular formula is C17H17Cl2N. The third kappa shape index (κ3) is 2.79. The smallest absolute Gasteiger partial charge is 0.0455 e. The van der Waals surface area contributed by atoms with Gasteiger partial charge in [-0.25, -0.2) is 0 Å². The molecule has 0 radical (unpaired) electrons. The lowest BCUT2D eigenvalue weighted by Gasteiger charge is -2.37. The van der Waals surface area contributed by atoms with Crippen molar-refractivity contribution < 1.29 is 0 Å². The molecule has 0 aliphatic heterocycles. The van der Waals surface area contributed by atoms with Crippen LogP contribution in [0.15, 0.2) is 42.5 Å². The maximum atomic E-state index is 6.24. The molecule has 3 rings (SSSR count). The normalized spacial score (nSPS) is 21.4. The summed E-state index contributed by atoms with van der Waals surface area (Å²) < 4.78 is 0. The van der Waals surface area contributed by atoms with Crippen LogP contribution < -0.4 is 5.32 Å². The predicted molar refractivity (Wildman–Crippen MR) is 87.0 cm³/mol. The largest absolute Gasteiger partial charge is 0.382 e. The summed E-state index contributed by atoms with van der Waals surface area (Å²) in [6, 6.07) is 14.8.